The Morgan fingerprint density at radius 3 is 2.61 bits per heavy atom. The van der Waals surface area contributed by atoms with Crippen LogP contribution >= 0.6 is 15.9 Å². The van der Waals surface area contributed by atoms with Crippen LogP contribution in [0.25, 0.3) is 0 Å². The summed E-state index contributed by atoms with van der Waals surface area (Å²) in [6.45, 7) is 12.8. The molecule has 0 saturated carbocycles. The van der Waals surface area contributed by atoms with Crippen molar-refractivity contribution in [3.8, 4) is 0 Å². The van der Waals surface area contributed by atoms with Gasteiger partial charge in [-0.1, -0.05) is 28.1 Å². The predicted octanol–water partition coefficient (Wildman–Crippen LogP) is 4.49. The molecule has 1 aromatic rings. The van der Waals surface area contributed by atoms with E-state index in [0.717, 1.165) is 24.0 Å². The molecule has 23 heavy (non-hydrogen) atoms. The van der Waals surface area contributed by atoms with Gasteiger partial charge in [0, 0.05) is 24.1 Å². The molecule has 0 aliphatic rings. The van der Waals surface area contributed by atoms with Gasteiger partial charge in [-0.25, -0.2) is 4.79 Å². The molecule has 130 valence electrons. The van der Waals surface area contributed by atoms with Gasteiger partial charge in [0.2, 0.25) is 0 Å². The maximum Gasteiger partial charge on any atom is 0.410 e. The SMILES string of the molecule is CCN(CCCNCc1ccc(Br)c(C)c1)C(=O)OC(C)(C)C. The maximum absolute atomic E-state index is 12.0. The van der Waals surface area contributed by atoms with E-state index >= 15 is 0 Å². The number of nitrogens with zero attached hydrogens (tertiary/aromatic N) is 1. The number of ether oxygens (including phenoxy) is 1. The van der Waals surface area contributed by atoms with Crippen molar-refractivity contribution in [3.05, 3.63) is 33.8 Å². The molecule has 0 heterocycles. The minimum absolute atomic E-state index is 0.233. The summed E-state index contributed by atoms with van der Waals surface area (Å²) < 4.78 is 6.54. The summed E-state index contributed by atoms with van der Waals surface area (Å²) in [5, 5.41) is 3.42. The summed E-state index contributed by atoms with van der Waals surface area (Å²) >= 11 is 3.51. The zero-order chi connectivity index (χ0) is 17.5. The van der Waals surface area contributed by atoms with Crippen molar-refractivity contribution < 1.29 is 9.53 Å². The molecule has 0 atom stereocenters. The first-order valence-corrected chi connectivity index (χ1v) is 8.96. The molecular weight excluding hydrogens is 356 g/mol. The van der Waals surface area contributed by atoms with Gasteiger partial charge in [0.25, 0.3) is 0 Å². The fourth-order valence-electron chi connectivity index (χ4n) is 2.15. The van der Waals surface area contributed by atoms with Crippen molar-refractivity contribution in [3.63, 3.8) is 0 Å². The van der Waals surface area contributed by atoms with E-state index in [9.17, 15) is 4.79 Å². The van der Waals surface area contributed by atoms with Crippen molar-refractivity contribution in [2.75, 3.05) is 19.6 Å². The molecule has 4 nitrogen and oxygen atoms in total. The van der Waals surface area contributed by atoms with Gasteiger partial charge in [-0.05, 0) is 64.8 Å². The summed E-state index contributed by atoms with van der Waals surface area (Å²) in [6, 6.07) is 6.37. The Bertz CT molecular complexity index is 512. The molecule has 0 bridgehead atoms. The number of amides is 1. The standard InChI is InChI=1S/C18H29BrN2O2/c1-6-21(17(22)23-18(3,4)5)11-7-10-20-13-15-8-9-16(19)14(2)12-15/h8-9,12,20H,6-7,10-11,13H2,1-5H3. The molecule has 1 amide bonds. The Balaban J connectivity index is 2.29. The first kappa shape index (κ1) is 20.0. The van der Waals surface area contributed by atoms with E-state index in [1.165, 1.54) is 11.1 Å². The quantitative estimate of drug-likeness (QED) is 0.703. The van der Waals surface area contributed by atoms with Gasteiger partial charge in [0.1, 0.15) is 5.60 Å². The number of carbonyl (C=O) groups is 1. The lowest BCUT2D eigenvalue weighted by Gasteiger charge is -2.26. The molecule has 1 N–H and O–H groups in total. The highest BCUT2D eigenvalue weighted by Crippen LogP contribution is 2.16. The van der Waals surface area contributed by atoms with Crippen LogP contribution in [0.15, 0.2) is 22.7 Å². The topological polar surface area (TPSA) is 41.6 Å². The molecule has 0 saturated heterocycles. The second-order valence-electron chi connectivity index (χ2n) is 6.67. The normalized spacial score (nSPS) is 11.4. The Kier molecular flexibility index (Phi) is 8.06. The number of aryl methyl sites for hydroxylation is 1. The number of benzene rings is 1. The lowest BCUT2D eigenvalue weighted by atomic mass is 10.1. The van der Waals surface area contributed by atoms with Crippen LogP contribution in [0.5, 0.6) is 0 Å². The zero-order valence-electron chi connectivity index (χ0n) is 14.9. The Hall–Kier alpha value is -1.07. The number of hydrogen-bond acceptors (Lipinski definition) is 3. The van der Waals surface area contributed by atoms with Gasteiger partial charge in [-0.3, -0.25) is 0 Å². The molecule has 0 radical (unpaired) electrons. The minimum atomic E-state index is -0.442. The molecule has 5 heteroatoms. The third-order valence-corrected chi connectivity index (χ3v) is 4.26. The number of halogens is 1. The Morgan fingerprint density at radius 1 is 1.35 bits per heavy atom. The van der Waals surface area contributed by atoms with Crippen LogP contribution < -0.4 is 5.32 Å². The lowest BCUT2D eigenvalue weighted by Crippen LogP contribution is -2.38. The van der Waals surface area contributed by atoms with Crippen molar-refractivity contribution in [2.24, 2.45) is 0 Å². The maximum atomic E-state index is 12.0. The first-order chi connectivity index (χ1) is 10.7. The summed E-state index contributed by atoms with van der Waals surface area (Å²) in [4.78, 5) is 13.8. The number of nitrogens with one attached hydrogen (secondary N) is 1. The van der Waals surface area contributed by atoms with E-state index < -0.39 is 5.60 Å². The van der Waals surface area contributed by atoms with Gasteiger partial charge in [-0.2, -0.15) is 0 Å². The smallest absolute Gasteiger partial charge is 0.410 e. The number of rotatable bonds is 7. The van der Waals surface area contributed by atoms with Crippen LogP contribution in [0.3, 0.4) is 0 Å². The third kappa shape index (κ3) is 7.84. The fourth-order valence-corrected chi connectivity index (χ4v) is 2.40. The molecule has 0 fully saturated rings. The third-order valence-electron chi connectivity index (χ3n) is 3.37. The minimum Gasteiger partial charge on any atom is -0.444 e. The second-order valence-corrected chi connectivity index (χ2v) is 7.53. The van der Waals surface area contributed by atoms with Gasteiger partial charge in [-0.15, -0.1) is 0 Å². The van der Waals surface area contributed by atoms with Crippen LogP contribution in [0.4, 0.5) is 4.79 Å². The van der Waals surface area contributed by atoms with Crippen LogP contribution in [0, 0.1) is 6.92 Å². The lowest BCUT2D eigenvalue weighted by molar-refractivity contribution is 0.0258. The van der Waals surface area contributed by atoms with E-state index in [-0.39, 0.29) is 6.09 Å². The monoisotopic (exact) mass is 384 g/mol. The second kappa shape index (κ2) is 9.28. The Morgan fingerprint density at radius 2 is 2.04 bits per heavy atom. The highest BCUT2D eigenvalue weighted by molar-refractivity contribution is 9.10. The summed E-state index contributed by atoms with van der Waals surface area (Å²) in [5.41, 5.74) is 2.07. The first-order valence-electron chi connectivity index (χ1n) is 8.16. The highest BCUT2D eigenvalue weighted by atomic mass is 79.9. The Labute approximate surface area is 148 Å². The molecular formula is C18H29BrN2O2. The number of hydrogen-bond donors (Lipinski definition) is 1. The van der Waals surface area contributed by atoms with E-state index in [1.54, 1.807) is 4.90 Å². The number of carbonyl (C=O) groups excluding carboxylic acids is 1. The van der Waals surface area contributed by atoms with Gasteiger partial charge < -0.3 is 15.0 Å². The molecule has 1 rings (SSSR count). The van der Waals surface area contributed by atoms with Crippen LogP contribution in [-0.2, 0) is 11.3 Å². The van der Waals surface area contributed by atoms with Gasteiger partial charge in [0.15, 0.2) is 0 Å². The van der Waals surface area contributed by atoms with E-state index in [2.05, 4.69) is 46.4 Å². The largest absolute Gasteiger partial charge is 0.444 e. The molecule has 0 unspecified atom stereocenters. The average molecular weight is 385 g/mol. The van der Waals surface area contributed by atoms with Crippen molar-refractivity contribution in [2.45, 2.75) is 53.2 Å². The summed E-state index contributed by atoms with van der Waals surface area (Å²) in [6.07, 6.45) is 0.673. The van der Waals surface area contributed by atoms with Crippen LogP contribution in [-0.4, -0.2) is 36.2 Å². The zero-order valence-corrected chi connectivity index (χ0v) is 16.5. The molecule has 0 aliphatic carbocycles. The van der Waals surface area contributed by atoms with Crippen molar-refractivity contribution >= 4 is 22.0 Å². The fraction of sp³-hybridized carbons (Fsp3) is 0.611. The predicted molar refractivity (Wildman–Crippen MR) is 98.7 cm³/mol. The highest BCUT2D eigenvalue weighted by Gasteiger charge is 2.20. The molecule has 1 aromatic carbocycles. The van der Waals surface area contributed by atoms with Gasteiger partial charge in [0.05, 0.1) is 0 Å². The molecule has 0 spiro atoms. The summed E-state index contributed by atoms with van der Waals surface area (Å²) in [7, 11) is 0. The van der Waals surface area contributed by atoms with Crippen molar-refractivity contribution in [1.82, 2.24) is 10.2 Å². The van der Waals surface area contributed by atoms with E-state index in [1.807, 2.05) is 27.7 Å². The summed E-state index contributed by atoms with van der Waals surface area (Å²) in [5.74, 6) is 0. The van der Waals surface area contributed by atoms with Gasteiger partial charge >= 0.3 is 6.09 Å². The van der Waals surface area contributed by atoms with E-state index in [4.69, 9.17) is 4.74 Å². The van der Waals surface area contributed by atoms with Crippen LogP contribution in [0.2, 0.25) is 0 Å². The molecule has 0 aromatic heterocycles. The van der Waals surface area contributed by atoms with Crippen LogP contribution in [0.1, 0.15) is 45.2 Å². The van der Waals surface area contributed by atoms with Crippen molar-refractivity contribution in [1.29, 1.82) is 0 Å². The average Bonchev–Trinajstić information content (AvgIpc) is 2.44. The molecule has 0 aliphatic heterocycles. The van der Waals surface area contributed by atoms with E-state index in [0.29, 0.717) is 13.1 Å².